The van der Waals surface area contributed by atoms with E-state index in [1.54, 1.807) is 31.2 Å². The normalized spacial score (nSPS) is 10.3. The number of hydrogen-bond donors (Lipinski definition) is 2. The number of nitrogens with zero attached hydrogens (tertiary/aromatic N) is 2. The van der Waals surface area contributed by atoms with Crippen LogP contribution in [0, 0.1) is 11.6 Å². The predicted molar refractivity (Wildman–Crippen MR) is 97.4 cm³/mol. The lowest BCUT2D eigenvalue weighted by molar-refractivity contribution is 0.0527. The van der Waals surface area contributed by atoms with Crippen LogP contribution >= 0.6 is 0 Å². The summed E-state index contributed by atoms with van der Waals surface area (Å²) in [6.07, 6.45) is 1.46. The molecule has 0 saturated heterocycles. The van der Waals surface area contributed by atoms with E-state index < -0.39 is 17.6 Å². The van der Waals surface area contributed by atoms with Gasteiger partial charge in [0.1, 0.15) is 17.5 Å². The van der Waals surface area contributed by atoms with E-state index in [-0.39, 0.29) is 18.2 Å². The summed E-state index contributed by atoms with van der Waals surface area (Å²) in [6.45, 7) is 1.98. The Balaban J connectivity index is 1.82. The van der Waals surface area contributed by atoms with Crippen LogP contribution in [0.15, 0.2) is 54.7 Å². The van der Waals surface area contributed by atoms with E-state index in [2.05, 4.69) is 20.6 Å². The van der Waals surface area contributed by atoms with Crippen molar-refractivity contribution in [3.05, 3.63) is 71.9 Å². The third-order valence-corrected chi connectivity index (χ3v) is 3.52. The molecule has 138 valence electrons. The molecule has 0 spiro atoms. The zero-order valence-electron chi connectivity index (χ0n) is 14.4. The molecule has 3 rings (SSSR count). The molecule has 0 fully saturated rings. The number of benzene rings is 2. The average molecular weight is 370 g/mol. The SMILES string of the molecule is CCOC(=O)c1ccccc1Nc1nccc(Nc2ccc(F)cc2F)n1. The van der Waals surface area contributed by atoms with Crippen molar-refractivity contribution in [1.29, 1.82) is 0 Å². The van der Waals surface area contributed by atoms with Crippen LogP contribution in [0.1, 0.15) is 17.3 Å². The van der Waals surface area contributed by atoms with Gasteiger partial charge in [-0.25, -0.2) is 18.6 Å². The number of esters is 1. The van der Waals surface area contributed by atoms with E-state index in [9.17, 15) is 13.6 Å². The first-order valence-corrected chi connectivity index (χ1v) is 8.15. The van der Waals surface area contributed by atoms with Crippen LogP contribution < -0.4 is 10.6 Å². The Labute approximate surface area is 154 Å². The number of para-hydroxylation sites is 1. The minimum atomic E-state index is -0.740. The highest BCUT2D eigenvalue weighted by Gasteiger charge is 2.13. The zero-order valence-corrected chi connectivity index (χ0v) is 14.4. The molecule has 0 amide bonds. The minimum absolute atomic E-state index is 0.0768. The molecule has 0 saturated carbocycles. The van der Waals surface area contributed by atoms with Crippen LogP contribution in [-0.2, 0) is 4.74 Å². The Morgan fingerprint density at radius 3 is 2.67 bits per heavy atom. The fourth-order valence-corrected chi connectivity index (χ4v) is 2.32. The summed E-state index contributed by atoms with van der Waals surface area (Å²) in [5.41, 5.74) is 0.889. The second-order valence-electron chi connectivity index (χ2n) is 5.41. The van der Waals surface area contributed by atoms with Gasteiger partial charge in [0.25, 0.3) is 0 Å². The lowest BCUT2D eigenvalue weighted by atomic mass is 10.2. The van der Waals surface area contributed by atoms with Crippen molar-refractivity contribution >= 4 is 29.1 Å². The quantitative estimate of drug-likeness (QED) is 0.626. The van der Waals surface area contributed by atoms with Crippen LogP contribution in [0.2, 0.25) is 0 Å². The van der Waals surface area contributed by atoms with Crippen molar-refractivity contribution in [3.63, 3.8) is 0 Å². The van der Waals surface area contributed by atoms with E-state index >= 15 is 0 Å². The molecule has 0 aliphatic heterocycles. The second kappa shape index (κ2) is 8.22. The van der Waals surface area contributed by atoms with Gasteiger partial charge in [0.15, 0.2) is 0 Å². The van der Waals surface area contributed by atoms with Gasteiger partial charge in [0.05, 0.1) is 23.5 Å². The molecular weight excluding hydrogens is 354 g/mol. The van der Waals surface area contributed by atoms with Crippen molar-refractivity contribution < 1.29 is 18.3 Å². The molecule has 0 aliphatic rings. The Bertz CT molecular complexity index is 966. The van der Waals surface area contributed by atoms with Crippen LogP contribution in [0.4, 0.5) is 31.9 Å². The lowest BCUT2D eigenvalue weighted by Gasteiger charge is -2.11. The maximum absolute atomic E-state index is 13.8. The van der Waals surface area contributed by atoms with Crippen molar-refractivity contribution in [3.8, 4) is 0 Å². The highest BCUT2D eigenvalue weighted by Crippen LogP contribution is 2.22. The van der Waals surface area contributed by atoms with Gasteiger partial charge in [-0.1, -0.05) is 12.1 Å². The molecule has 6 nitrogen and oxygen atoms in total. The van der Waals surface area contributed by atoms with Crippen molar-refractivity contribution in [2.45, 2.75) is 6.92 Å². The summed E-state index contributed by atoms with van der Waals surface area (Å²) in [6, 6.07) is 11.5. The Hall–Kier alpha value is -3.55. The molecule has 1 aromatic heterocycles. The Morgan fingerprint density at radius 1 is 1.07 bits per heavy atom. The van der Waals surface area contributed by atoms with Crippen LogP contribution in [0.25, 0.3) is 0 Å². The maximum Gasteiger partial charge on any atom is 0.340 e. The standard InChI is InChI=1S/C19H16F2N4O2/c1-2-27-18(26)13-5-3-4-6-15(13)24-19-22-10-9-17(25-19)23-16-8-7-12(20)11-14(16)21/h3-11H,2H2,1H3,(H2,22,23,24,25). The first-order valence-electron chi connectivity index (χ1n) is 8.15. The molecule has 0 bridgehead atoms. The largest absolute Gasteiger partial charge is 0.462 e. The van der Waals surface area contributed by atoms with E-state index in [0.717, 1.165) is 12.1 Å². The first kappa shape index (κ1) is 18.2. The molecule has 0 atom stereocenters. The summed E-state index contributed by atoms with van der Waals surface area (Å²) in [5.74, 6) is -1.39. The van der Waals surface area contributed by atoms with E-state index in [1.807, 2.05) is 0 Å². The smallest absolute Gasteiger partial charge is 0.340 e. The number of ether oxygens (including phenoxy) is 1. The summed E-state index contributed by atoms with van der Waals surface area (Å²) >= 11 is 0. The number of aromatic nitrogens is 2. The van der Waals surface area contributed by atoms with Gasteiger partial charge < -0.3 is 15.4 Å². The van der Waals surface area contributed by atoms with Gasteiger partial charge in [0.2, 0.25) is 5.95 Å². The van der Waals surface area contributed by atoms with Gasteiger partial charge in [-0.2, -0.15) is 4.98 Å². The molecule has 1 heterocycles. The Morgan fingerprint density at radius 2 is 1.89 bits per heavy atom. The second-order valence-corrected chi connectivity index (χ2v) is 5.41. The average Bonchev–Trinajstić information content (AvgIpc) is 2.65. The summed E-state index contributed by atoms with van der Waals surface area (Å²) < 4.78 is 31.8. The fraction of sp³-hybridized carbons (Fsp3) is 0.105. The van der Waals surface area contributed by atoms with Gasteiger partial charge in [-0.05, 0) is 37.3 Å². The maximum atomic E-state index is 13.8. The molecule has 0 unspecified atom stereocenters. The number of rotatable bonds is 6. The monoisotopic (exact) mass is 370 g/mol. The molecule has 3 aromatic rings. The van der Waals surface area contributed by atoms with Gasteiger partial charge in [-0.15, -0.1) is 0 Å². The molecule has 2 N–H and O–H groups in total. The number of carbonyl (C=O) groups is 1. The Kier molecular flexibility index (Phi) is 5.55. The van der Waals surface area contributed by atoms with Crippen molar-refractivity contribution in [1.82, 2.24) is 9.97 Å². The summed E-state index contributed by atoms with van der Waals surface area (Å²) in [5, 5.41) is 5.70. The van der Waals surface area contributed by atoms with Crippen LogP contribution in [0.3, 0.4) is 0 Å². The minimum Gasteiger partial charge on any atom is -0.462 e. The zero-order chi connectivity index (χ0) is 19.2. The number of halogens is 2. The number of carbonyl (C=O) groups excluding carboxylic acids is 1. The molecule has 0 aliphatic carbocycles. The molecule has 27 heavy (non-hydrogen) atoms. The summed E-state index contributed by atoms with van der Waals surface area (Å²) in [7, 11) is 0. The number of anilines is 4. The van der Waals surface area contributed by atoms with Crippen LogP contribution in [0.5, 0.6) is 0 Å². The third-order valence-electron chi connectivity index (χ3n) is 3.52. The fourth-order valence-electron chi connectivity index (χ4n) is 2.32. The van der Waals surface area contributed by atoms with E-state index in [0.29, 0.717) is 17.1 Å². The van der Waals surface area contributed by atoms with E-state index in [4.69, 9.17) is 4.74 Å². The van der Waals surface area contributed by atoms with Gasteiger partial charge >= 0.3 is 5.97 Å². The predicted octanol–water partition coefficient (Wildman–Crippen LogP) is 4.42. The van der Waals surface area contributed by atoms with Crippen molar-refractivity contribution in [2.24, 2.45) is 0 Å². The highest BCUT2D eigenvalue weighted by atomic mass is 19.1. The van der Waals surface area contributed by atoms with Crippen LogP contribution in [-0.4, -0.2) is 22.5 Å². The number of hydrogen-bond acceptors (Lipinski definition) is 6. The number of nitrogens with one attached hydrogen (secondary N) is 2. The first-order chi connectivity index (χ1) is 13.1. The van der Waals surface area contributed by atoms with Gasteiger partial charge in [0, 0.05) is 12.3 Å². The van der Waals surface area contributed by atoms with Crippen molar-refractivity contribution in [2.75, 3.05) is 17.2 Å². The molecule has 8 heteroatoms. The lowest BCUT2D eigenvalue weighted by Crippen LogP contribution is -2.09. The third kappa shape index (κ3) is 4.55. The molecular formula is C19H16F2N4O2. The van der Waals surface area contributed by atoms with Gasteiger partial charge in [-0.3, -0.25) is 0 Å². The molecule has 2 aromatic carbocycles. The topological polar surface area (TPSA) is 76.1 Å². The summed E-state index contributed by atoms with van der Waals surface area (Å²) in [4.78, 5) is 20.4. The van der Waals surface area contributed by atoms with E-state index in [1.165, 1.54) is 18.3 Å². The highest BCUT2D eigenvalue weighted by molar-refractivity contribution is 5.96. The molecule has 0 radical (unpaired) electrons.